The van der Waals surface area contributed by atoms with Crippen LogP contribution < -0.4 is 4.74 Å². The predicted octanol–water partition coefficient (Wildman–Crippen LogP) is 3.49. The molecule has 1 aromatic rings. The van der Waals surface area contributed by atoms with E-state index in [0.29, 0.717) is 6.61 Å². The van der Waals surface area contributed by atoms with Gasteiger partial charge in [-0.3, -0.25) is 0 Å². The lowest BCUT2D eigenvalue weighted by Crippen LogP contribution is -2.25. The van der Waals surface area contributed by atoms with Gasteiger partial charge in [-0.1, -0.05) is 0 Å². The van der Waals surface area contributed by atoms with Crippen molar-refractivity contribution in [1.29, 1.82) is 0 Å². The average molecular weight is 320 g/mol. The average Bonchev–Trinajstić information content (AvgIpc) is 2.21. The van der Waals surface area contributed by atoms with E-state index in [2.05, 4.69) is 36.4 Å². The van der Waals surface area contributed by atoms with Gasteiger partial charge in [0.25, 0.3) is 0 Å². The fraction of sp³-hybridized carbons (Fsp3) is 0.500. The summed E-state index contributed by atoms with van der Waals surface area (Å²) in [6.07, 6.45) is 0.884. The molecule has 1 aromatic carbocycles. The highest BCUT2D eigenvalue weighted by molar-refractivity contribution is 14.1. The summed E-state index contributed by atoms with van der Waals surface area (Å²) < 4.78 is 12.1. The zero-order valence-corrected chi connectivity index (χ0v) is 11.6. The molecular formula is C12H17IO2. The van der Waals surface area contributed by atoms with E-state index in [1.54, 1.807) is 7.11 Å². The standard InChI is InChI=1S/C12H17IO2/c1-12(2,14-3)8-9-15-11-6-4-10(13)5-7-11/h4-7H,8-9H2,1-3H3. The summed E-state index contributed by atoms with van der Waals surface area (Å²) in [5, 5.41) is 0. The first-order valence-electron chi connectivity index (χ1n) is 4.97. The summed E-state index contributed by atoms with van der Waals surface area (Å²) in [6, 6.07) is 8.05. The highest BCUT2D eigenvalue weighted by atomic mass is 127. The molecule has 0 heterocycles. The van der Waals surface area contributed by atoms with Crippen molar-refractivity contribution < 1.29 is 9.47 Å². The van der Waals surface area contributed by atoms with Crippen LogP contribution in [0.15, 0.2) is 24.3 Å². The molecule has 84 valence electrons. The molecule has 0 amide bonds. The third-order valence-corrected chi connectivity index (χ3v) is 3.06. The van der Waals surface area contributed by atoms with Gasteiger partial charge in [0.05, 0.1) is 12.2 Å². The van der Waals surface area contributed by atoms with Gasteiger partial charge in [0.2, 0.25) is 0 Å². The topological polar surface area (TPSA) is 18.5 Å². The quantitative estimate of drug-likeness (QED) is 0.773. The Hall–Kier alpha value is -0.290. The Labute approximate surface area is 105 Å². The number of hydrogen-bond donors (Lipinski definition) is 0. The molecule has 0 saturated carbocycles. The van der Waals surface area contributed by atoms with Crippen molar-refractivity contribution >= 4 is 22.6 Å². The summed E-state index contributed by atoms with van der Waals surface area (Å²) >= 11 is 2.28. The minimum absolute atomic E-state index is 0.108. The third kappa shape index (κ3) is 4.84. The van der Waals surface area contributed by atoms with E-state index in [4.69, 9.17) is 9.47 Å². The smallest absolute Gasteiger partial charge is 0.119 e. The number of rotatable bonds is 5. The number of methoxy groups -OCH3 is 1. The molecule has 0 aliphatic heterocycles. The van der Waals surface area contributed by atoms with Crippen molar-refractivity contribution in [2.45, 2.75) is 25.9 Å². The molecule has 3 heteroatoms. The molecule has 0 aromatic heterocycles. The highest BCUT2D eigenvalue weighted by Crippen LogP contribution is 2.16. The fourth-order valence-corrected chi connectivity index (χ4v) is 1.41. The Kier molecular flexibility index (Phi) is 4.86. The number of benzene rings is 1. The first-order valence-corrected chi connectivity index (χ1v) is 6.05. The van der Waals surface area contributed by atoms with Crippen LogP contribution in [0.25, 0.3) is 0 Å². The molecule has 0 aliphatic carbocycles. The Morgan fingerprint density at radius 2 is 1.80 bits per heavy atom. The maximum atomic E-state index is 5.62. The van der Waals surface area contributed by atoms with Gasteiger partial charge >= 0.3 is 0 Å². The number of ether oxygens (including phenoxy) is 2. The van der Waals surface area contributed by atoms with Crippen LogP contribution in [0.3, 0.4) is 0 Å². The second-order valence-corrected chi connectivity index (χ2v) is 5.26. The molecule has 2 nitrogen and oxygen atoms in total. The van der Waals surface area contributed by atoms with Crippen LogP contribution in [0.2, 0.25) is 0 Å². The van der Waals surface area contributed by atoms with E-state index in [1.807, 2.05) is 24.3 Å². The summed E-state index contributed by atoms with van der Waals surface area (Å²) in [5.74, 6) is 0.919. The van der Waals surface area contributed by atoms with E-state index in [9.17, 15) is 0 Å². The van der Waals surface area contributed by atoms with Crippen molar-refractivity contribution in [2.24, 2.45) is 0 Å². The summed E-state index contributed by atoms with van der Waals surface area (Å²) in [4.78, 5) is 0. The molecule has 0 unspecified atom stereocenters. The van der Waals surface area contributed by atoms with Crippen LogP contribution >= 0.6 is 22.6 Å². The SMILES string of the molecule is COC(C)(C)CCOc1ccc(I)cc1. The van der Waals surface area contributed by atoms with Gasteiger partial charge in [-0.25, -0.2) is 0 Å². The molecule has 0 aliphatic rings. The van der Waals surface area contributed by atoms with E-state index < -0.39 is 0 Å². The molecule has 0 fully saturated rings. The van der Waals surface area contributed by atoms with Crippen LogP contribution in [0, 0.1) is 3.57 Å². The van der Waals surface area contributed by atoms with Gasteiger partial charge in [-0.05, 0) is 60.7 Å². The maximum Gasteiger partial charge on any atom is 0.119 e. The molecule has 0 radical (unpaired) electrons. The summed E-state index contributed by atoms with van der Waals surface area (Å²) in [7, 11) is 1.73. The van der Waals surface area contributed by atoms with Crippen molar-refractivity contribution in [3.63, 3.8) is 0 Å². The second kappa shape index (κ2) is 5.70. The molecule has 0 spiro atoms. The zero-order valence-electron chi connectivity index (χ0n) is 9.42. The maximum absolute atomic E-state index is 5.62. The molecule has 0 bridgehead atoms. The normalized spacial score (nSPS) is 11.5. The monoisotopic (exact) mass is 320 g/mol. The Bertz CT molecular complexity index is 293. The molecule has 0 saturated heterocycles. The predicted molar refractivity (Wildman–Crippen MR) is 70.4 cm³/mol. The minimum atomic E-state index is -0.108. The van der Waals surface area contributed by atoms with Gasteiger partial charge in [-0.15, -0.1) is 0 Å². The second-order valence-electron chi connectivity index (χ2n) is 4.02. The summed E-state index contributed by atoms with van der Waals surface area (Å²) in [5.41, 5.74) is -0.108. The number of halogens is 1. The van der Waals surface area contributed by atoms with Gasteiger partial charge < -0.3 is 9.47 Å². The van der Waals surface area contributed by atoms with Crippen LogP contribution in [-0.4, -0.2) is 19.3 Å². The zero-order chi connectivity index (χ0) is 11.3. The largest absolute Gasteiger partial charge is 0.493 e. The molecular weight excluding hydrogens is 303 g/mol. The Morgan fingerprint density at radius 1 is 1.20 bits per heavy atom. The van der Waals surface area contributed by atoms with Gasteiger partial charge in [0, 0.05) is 17.1 Å². The van der Waals surface area contributed by atoms with Crippen molar-refractivity contribution in [3.8, 4) is 5.75 Å². The van der Waals surface area contributed by atoms with E-state index in [-0.39, 0.29) is 5.60 Å². The summed E-state index contributed by atoms with van der Waals surface area (Å²) in [6.45, 7) is 4.80. The Balaban J connectivity index is 2.35. The van der Waals surface area contributed by atoms with Crippen LogP contribution in [0.4, 0.5) is 0 Å². The lowest BCUT2D eigenvalue weighted by Gasteiger charge is -2.22. The van der Waals surface area contributed by atoms with Gasteiger partial charge in [-0.2, -0.15) is 0 Å². The minimum Gasteiger partial charge on any atom is -0.493 e. The van der Waals surface area contributed by atoms with Gasteiger partial charge in [0.15, 0.2) is 0 Å². The van der Waals surface area contributed by atoms with Crippen LogP contribution in [0.5, 0.6) is 5.75 Å². The Morgan fingerprint density at radius 3 is 2.33 bits per heavy atom. The number of hydrogen-bond acceptors (Lipinski definition) is 2. The lowest BCUT2D eigenvalue weighted by atomic mass is 10.1. The first-order chi connectivity index (χ1) is 7.03. The molecule has 15 heavy (non-hydrogen) atoms. The van der Waals surface area contributed by atoms with Crippen molar-refractivity contribution in [3.05, 3.63) is 27.8 Å². The lowest BCUT2D eigenvalue weighted by molar-refractivity contribution is 0.00546. The first kappa shape index (κ1) is 12.8. The highest BCUT2D eigenvalue weighted by Gasteiger charge is 2.15. The van der Waals surface area contributed by atoms with E-state index in [0.717, 1.165) is 12.2 Å². The third-order valence-electron chi connectivity index (χ3n) is 2.34. The molecule has 1 rings (SSSR count). The molecule has 0 atom stereocenters. The van der Waals surface area contributed by atoms with Crippen LogP contribution in [0.1, 0.15) is 20.3 Å². The fourth-order valence-electron chi connectivity index (χ4n) is 1.05. The van der Waals surface area contributed by atoms with Crippen molar-refractivity contribution in [1.82, 2.24) is 0 Å². The van der Waals surface area contributed by atoms with E-state index >= 15 is 0 Å². The van der Waals surface area contributed by atoms with Gasteiger partial charge in [0.1, 0.15) is 5.75 Å². The van der Waals surface area contributed by atoms with Crippen molar-refractivity contribution in [2.75, 3.05) is 13.7 Å². The molecule has 0 N–H and O–H groups in total. The van der Waals surface area contributed by atoms with Crippen LogP contribution in [-0.2, 0) is 4.74 Å². The van der Waals surface area contributed by atoms with E-state index in [1.165, 1.54) is 3.57 Å².